The Kier molecular flexibility index (Phi) is 4.77. The molecule has 0 spiro atoms. The maximum Gasteiger partial charge on any atom is 0.333 e. The number of carboxylic acids is 1. The van der Waals surface area contributed by atoms with E-state index < -0.39 is 12.1 Å². The van der Waals surface area contributed by atoms with Crippen LogP contribution in [0.1, 0.15) is 19.4 Å². The van der Waals surface area contributed by atoms with Crippen LogP contribution in [-0.4, -0.2) is 23.3 Å². The van der Waals surface area contributed by atoms with E-state index in [4.69, 9.17) is 21.4 Å². The van der Waals surface area contributed by atoms with Gasteiger partial charge < -0.3 is 9.84 Å². The van der Waals surface area contributed by atoms with Crippen molar-refractivity contribution < 1.29 is 14.6 Å². The molecule has 0 aliphatic rings. The minimum absolute atomic E-state index is 0.122. The predicted octanol–water partition coefficient (Wildman–Crippen LogP) is 2.76. The minimum atomic E-state index is -0.964. The second-order valence-electron chi connectivity index (χ2n) is 3.81. The first-order chi connectivity index (χ1) is 7.50. The average Bonchev–Trinajstić information content (AvgIpc) is 2.19. The molecule has 0 aromatic heterocycles. The molecule has 88 valence electrons. The lowest BCUT2D eigenvalue weighted by atomic mass is 10.1. The van der Waals surface area contributed by atoms with Crippen LogP contribution in [0.25, 0.3) is 0 Å². The third kappa shape index (κ3) is 3.83. The maximum atomic E-state index is 11.0. The Hall–Kier alpha value is -1.06. The number of carboxylic acid groups (broad SMARTS) is 1. The second kappa shape index (κ2) is 5.87. The molecule has 1 rings (SSSR count). The van der Waals surface area contributed by atoms with Gasteiger partial charge in [-0.05, 0) is 25.5 Å². The van der Waals surface area contributed by atoms with E-state index in [-0.39, 0.29) is 12.5 Å². The van der Waals surface area contributed by atoms with Crippen LogP contribution < -0.4 is 0 Å². The molecule has 0 saturated carbocycles. The lowest BCUT2D eigenvalue weighted by Gasteiger charge is -2.16. The fourth-order valence-corrected chi connectivity index (χ4v) is 1.60. The number of halogens is 1. The van der Waals surface area contributed by atoms with Crippen molar-refractivity contribution in [1.82, 2.24) is 0 Å². The molecule has 0 saturated heterocycles. The predicted molar refractivity (Wildman–Crippen MR) is 62.8 cm³/mol. The summed E-state index contributed by atoms with van der Waals surface area (Å²) in [6.45, 7) is 3.62. The SMILES string of the molecule is CC(C)O[C@@H](Cc1ccccc1Cl)C(=O)O. The summed E-state index contributed by atoms with van der Waals surface area (Å²) >= 11 is 5.96. The Bertz CT molecular complexity index is 363. The number of ether oxygens (including phenoxy) is 1. The average molecular weight is 243 g/mol. The standard InChI is InChI=1S/C12H15ClO3/c1-8(2)16-11(12(14)15)7-9-5-3-4-6-10(9)13/h3-6,8,11H,7H2,1-2H3,(H,14,15)/t11-/m0/s1. The van der Waals surface area contributed by atoms with Gasteiger partial charge in [-0.1, -0.05) is 29.8 Å². The van der Waals surface area contributed by atoms with Crippen LogP contribution in [-0.2, 0) is 16.0 Å². The zero-order valence-corrected chi connectivity index (χ0v) is 10.1. The topological polar surface area (TPSA) is 46.5 Å². The van der Waals surface area contributed by atoms with Crippen LogP contribution in [0.4, 0.5) is 0 Å². The molecule has 16 heavy (non-hydrogen) atoms. The molecule has 1 N–H and O–H groups in total. The molecular weight excluding hydrogens is 228 g/mol. The van der Waals surface area contributed by atoms with Gasteiger partial charge in [0.25, 0.3) is 0 Å². The number of benzene rings is 1. The molecule has 1 atom stereocenters. The van der Waals surface area contributed by atoms with Crippen molar-refractivity contribution in [2.24, 2.45) is 0 Å². The molecule has 1 aromatic rings. The number of hydrogen-bond donors (Lipinski definition) is 1. The van der Waals surface area contributed by atoms with E-state index in [1.165, 1.54) is 0 Å². The fourth-order valence-electron chi connectivity index (χ4n) is 1.39. The van der Waals surface area contributed by atoms with E-state index in [0.29, 0.717) is 5.02 Å². The van der Waals surface area contributed by atoms with Crippen molar-refractivity contribution in [3.63, 3.8) is 0 Å². The van der Waals surface area contributed by atoms with Crippen LogP contribution in [0, 0.1) is 0 Å². The first kappa shape index (κ1) is 13.0. The lowest BCUT2D eigenvalue weighted by Crippen LogP contribution is -2.29. The van der Waals surface area contributed by atoms with Crippen molar-refractivity contribution in [3.05, 3.63) is 34.9 Å². The molecule has 0 heterocycles. The summed E-state index contributed by atoms with van der Waals surface area (Å²) in [5.74, 6) is -0.964. The quantitative estimate of drug-likeness (QED) is 0.864. The molecule has 0 unspecified atom stereocenters. The Balaban J connectivity index is 2.76. The Morgan fingerprint density at radius 2 is 2.06 bits per heavy atom. The van der Waals surface area contributed by atoms with E-state index >= 15 is 0 Å². The highest BCUT2D eigenvalue weighted by Gasteiger charge is 2.20. The Morgan fingerprint density at radius 3 is 2.56 bits per heavy atom. The molecule has 3 nitrogen and oxygen atoms in total. The normalized spacial score (nSPS) is 12.8. The first-order valence-corrected chi connectivity index (χ1v) is 5.50. The molecule has 4 heteroatoms. The summed E-state index contributed by atoms with van der Waals surface area (Å²) in [6, 6.07) is 7.19. The third-order valence-corrected chi connectivity index (χ3v) is 2.44. The summed E-state index contributed by atoms with van der Waals surface area (Å²) in [5.41, 5.74) is 0.789. The highest BCUT2D eigenvalue weighted by molar-refractivity contribution is 6.31. The van der Waals surface area contributed by atoms with Gasteiger partial charge in [0.05, 0.1) is 6.10 Å². The van der Waals surface area contributed by atoms with Crippen molar-refractivity contribution in [3.8, 4) is 0 Å². The highest BCUT2D eigenvalue weighted by Crippen LogP contribution is 2.18. The van der Waals surface area contributed by atoms with Gasteiger partial charge in [-0.25, -0.2) is 4.79 Å². The molecule has 0 aliphatic heterocycles. The number of hydrogen-bond acceptors (Lipinski definition) is 2. The third-order valence-electron chi connectivity index (χ3n) is 2.08. The van der Waals surface area contributed by atoms with E-state index in [0.717, 1.165) is 5.56 Å². The van der Waals surface area contributed by atoms with Crippen LogP contribution in [0.15, 0.2) is 24.3 Å². The smallest absolute Gasteiger partial charge is 0.333 e. The number of aliphatic carboxylic acids is 1. The van der Waals surface area contributed by atoms with Crippen molar-refractivity contribution in [2.75, 3.05) is 0 Å². The largest absolute Gasteiger partial charge is 0.479 e. The van der Waals surface area contributed by atoms with Crippen molar-refractivity contribution >= 4 is 17.6 Å². The van der Waals surface area contributed by atoms with Crippen molar-refractivity contribution in [1.29, 1.82) is 0 Å². The molecule has 0 aliphatic carbocycles. The summed E-state index contributed by atoms with van der Waals surface area (Å²) in [6.07, 6.45) is -0.684. The highest BCUT2D eigenvalue weighted by atomic mass is 35.5. The Morgan fingerprint density at radius 1 is 1.44 bits per heavy atom. The molecule has 0 fully saturated rings. The molecule has 0 amide bonds. The van der Waals surface area contributed by atoms with Crippen LogP contribution in [0.3, 0.4) is 0 Å². The minimum Gasteiger partial charge on any atom is -0.479 e. The van der Waals surface area contributed by atoms with Gasteiger partial charge in [-0.15, -0.1) is 0 Å². The van der Waals surface area contributed by atoms with E-state index in [1.54, 1.807) is 6.07 Å². The number of rotatable bonds is 5. The van der Waals surface area contributed by atoms with Gasteiger partial charge in [0.2, 0.25) is 0 Å². The van der Waals surface area contributed by atoms with Gasteiger partial charge in [-0.2, -0.15) is 0 Å². The number of carbonyl (C=O) groups is 1. The van der Waals surface area contributed by atoms with Gasteiger partial charge in [0, 0.05) is 11.4 Å². The first-order valence-electron chi connectivity index (χ1n) is 5.12. The van der Waals surface area contributed by atoms with Crippen LogP contribution >= 0.6 is 11.6 Å². The summed E-state index contributed by atoms with van der Waals surface area (Å²) in [7, 11) is 0. The molecule has 0 radical (unpaired) electrons. The van der Waals surface area contributed by atoms with Crippen LogP contribution in [0.2, 0.25) is 5.02 Å². The zero-order chi connectivity index (χ0) is 12.1. The van der Waals surface area contributed by atoms with E-state index in [1.807, 2.05) is 32.0 Å². The molecule has 1 aromatic carbocycles. The molecule has 0 bridgehead atoms. The summed E-state index contributed by atoms with van der Waals surface area (Å²) in [5, 5.41) is 9.58. The summed E-state index contributed by atoms with van der Waals surface area (Å²) < 4.78 is 5.31. The molecular formula is C12H15ClO3. The fraction of sp³-hybridized carbons (Fsp3) is 0.417. The van der Waals surface area contributed by atoms with Crippen LogP contribution in [0.5, 0.6) is 0 Å². The lowest BCUT2D eigenvalue weighted by molar-refractivity contribution is -0.153. The Labute approximate surface area is 100.0 Å². The van der Waals surface area contributed by atoms with Gasteiger partial charge in [0.15, 0.2) is 6.10 Å². The maximum absolute atomic E-state index is 11.0. The monoisotopic (exact) mass is 242 g/mol. The zero-order valence-electron chi connectivity index (χ0n) is 9.31. The van der Waals surface area contributed by atoms with Gasteiger partial charge in [-0.3, -0.25) is 0 Å². The van der Waals surface area contributed by atoms with Crippen molar-refractivity contribution in [2.45, 2.75) is 32.5 Å². The summed E-state index contributed by atoms with van der Waals surface area (Å²) in [4.78, 5) is 11.0. The second-order valence-corrected chi connectivity index (χ2v) is 4.21. The van der Waals surface area contributed by atoms with Gasteiger partial charge in [0.1, 0.15) is 0 Å². The van der Waals surface area contributed by atoms with E-state index in [2.05, 4.69) is 0 Å². The van der Waals surface area contributed by atoms with E-state index in [9.17, 15) is 4.79 Å². The van der Waals surface area contributed by atoms with Gasteiger partial charge >= 0.3 is 5.97 Å².